The van der Waals surface area contributed by atoms with Crippen LogP contribution in [0.15, 0.2) is 30.3 Å². The predicted octanol–water partition coefficient (Wildman–Crippen LogP) is 3.02. The quantitative estimate of drug-likeness (QED) is 0.762. The zero-order chi connectivity index (χ0) is 15.9. The molecule has 0 spiro atoms. The van der Waals surface area contributed by atoms with Crippen LogP contribution in [-0.2, 0) is 0 Å². The molecule has 118 valence electrons. The number of aromatic nitrogens is 3. The first-order valence-corrected chi connectivity index (χ1v) is 7.62. The third-order valence-corrected chi connectivity index (χ3v) is 3.24. The van der Waals surface area contributed by atoms with Gasteiger partial charge < -0.3 is 15.8 Å². The van der Waals surface area contributed by atoms with Crippen LogP contribution in [0.3, 0.4) is 0 Å². The van der Waals surface area contributed by atoms with Gasteiger partial charge >= 0.3 is 0 Å². The molecule has 0 aliphatic carbocycles. The van der Waals surface area contributed by atoms with Crippen molar-refractivity contribution in [2.24, 2.45) is 0 Å². The molecule has 0 fully saturated rings. The highest BCUT2D eigenvalue weighted by molar-refractivity contribution is 6.20. The maximum Gasteiger partial charge on any atom is 0.228 e. The summed E-state index contributed by atoms with van der Waals surface area (Å²) in [7, 11) is 0. The Kier molecular flexibility index (Phi) is 5.77. The van der Waals surface area contributed by atoms with Gasteiger partial charge in [0.1, 0.15) is 12.4 Å². The van der Waals surface area contributed by atoms with E-state index in [-0.39, 0.29) is 17.4 Å². The molecular weight excluding hydrogens is 302 g/mol. The Hall–Kier alpha value is -2.08. The maximum atomic E-state index is 6.00. The SMILES string of the molecule is CCC(COc1ccccc1)Nc1nc(N)nc([C@H](C)Cl)n1. The van der Waals surface area contributed by atoms with Gasteiger partial charge in [-0.25, -0.2) is 0 Å². The van der Waals surface area contributed by atoms with E-state index in [2.05, 4.69) is 27.2 Å². The number of hydrogen-bond acceptors (Lipinski definition) is 6. The fourth-order valence-electron chi connectivity index (χ4n) is 1.81. The van der Waals surface area contributed by atoms with Crippen LogP contribution in [0.4, 0.5) is 11.9 Å². The molecule has 0 aliphatic rings. The van der Waals surface area contributed by atoms with E-state index in [4.69, 9.17) is 22.1 Å². The number of nitrogen functional groups attached to an aromatic ring is 1. The van der Waals surface area contributed by atoms with E-state index in [1.54, 1.807) is 6.92 Å². The van der Waals surface area contributed by atoms with Crippen molar-refractivity contribution >= 4 is 23.5 Å². The minimum absolute atomic E-state index is 0.0560. The third-order valence-electron chi connectivity index (χ3n) is 3.05. The van der Waals surface area contributed by atoms with Crippen molar-refractivity contribution in [2.75, 3.05) is 17.7 Å². The van der Waals surface area contributed by atoms with E-state index in [1.807, 2.05) is 30.3 Å². The molecule has 2 rings (SSSR count). The van der Waals surface area contributed by atoms with Crippen molar-refractivity contribution in [1.29, 1.82) is 0 Å². The summed E-state index contributed by atoms with van der Waals surface area (Å²) in [4.78, 5) is 12.4. The number of alkyl halides is 1. The molecule has 7 heteroatoms. The Morgan fingerprint density at radius 3 is 2.59 bits per heavy atom. The summed E-state index contributed by atoms with van der Waals surface area (Å²) in [6.45, 7) is 4.34. The van der Waals surface area contributed by atoms with Gasteiger partial charge in [0.05, 0.1) is 11.4 Å². The standard InChI is InChI=1S/C15H20ClN5O/c1-3-11(9-22-12-7-5-4-6-8-12)18-15-20-13(10(2)16)19-14(17)21-15/h4-8,10-11H,3,9H2,1-2H3,(H3,17,18,19,20,21)/t10-,11?/m0/s1. The predicted molar refractivity (Wildman–Crippen MR) is 88.1 cm³/mol. The average molecular weight is 322 g/mol. The summed E-state index contributed by atoms with van der Waals surface area (Å²) < 4.78 is 5.75. The lowest BCUT2D eigenvalue weighted by molar-refractivity contribution is 0.293. The maximum absolute atomic E-state index is 6.00. The number of nitrogens with one attached hydrogen (secondary N) is 1. The number of nitrogens with two attached hydrogens (primary N) is 1. The Balaban J connectivity index is 2.00. The van der Waals surface area contributed by atoms with Crippen molar-refractivity contribution in [3.05, 3.63) is 36.2 Å². The minimum Gasteiger partial charge on any atom is -0.491 e. The topological polar surface area (TPSA) is 86.0 Å². The molecule has 2 atom stereocenters. The molecule has 0 saturated heterocycles. The molecule has 1 unspecified atom stereocenters. The lowest BCUT2D eigenvalue weighted by Gasteiger charge is -2.18. The number of anilines is 2. The average Bonchev–Trinajstić information content (AvgIpc) is 2.51. The molecule has 1 aromatic carbocycles. The molecule has 6 nitrogen and oxygen atoms in total. The summed E-state index contributed by atoms with van der Waals surface area (Å²) in [6.07, 6.45) is 0.851. The van der Waals surface area contributed by atoms with E-state index < -0.39 is 0 Å². The molecule has 3 N–H and O–H groups in total. The highest BCUT2D eigenvalue weighted by atomic mass is 35.5. The van der Waals surface area contributed by atoms with Crippen LogP contribution in [-0.4, -0.2) is 27.6 Å². The first-order valence-electron chi connectivity index (χ1n) is 7.18. The summed E-state index contributed by atoms with van der Waals surface area (Å²) in [5, 5.41) is 2.88. The second kappa shape index (κ2) is 7.79. The van der Waals surface area contributed by atoms with Crippen LogP contribution in [0, 0.1) is 0 Å². The van der Waals surface area contributed by atoms with Gasteiger partial charge in [-0.05, 0) is 25.5 Å². The van der Waals surface area contributed by atoms with Gasteiger partial charge in [0.25, 0.3) is 0 Å². The molecular formula is C15H20ClN5O. The van der Waals surface area contributed by atoms with Crippen LogP contribution in [0.1, 0.15) is 31.5 Å². The number of nitrogens with zero attached hydrogens (tertiary/aromatic N) is 3. The number of benzene rings is 1. The van der Waals surface area contributed by atoms with Gasteiger partial charge in [0, 0.05) is 0 Å². The van der Waals surface area contributed by atoms with Crippen LogP contribution >= 0.6 is 11.6 Å². The Labute approximate surface area is 135 Å². The Morgan fingerprint density at radius 2 is 1.95 bits per heavy atom. The van der Waals surface area contributed by atoms with Crippen LogP contribution < -0.4 is 15.8 Å². The first-order chi connectivity index (χ1) is 10.6. The lowest BCUT2D eigenvalue weighted by Crippen LogP contribution is -2.28. The molecule has 1 heterocycles. The second-order valence-corrected chi connectivity index (χ2v) is 5.52. The van der Waals surface area contributed by atoms with Crippen molar-refractivity contribution in [3.63, 3.8) is 0 Å². The smallest absolute Gasteiger partial charge is 0.228 e. The summed E-state index contributed by atoms with van der Waals surface area (Å²) in [5.74, 6) is 1.85. The minimum atomic E-state index is -0.327. The zero-order valence-electron chi connectivity index (χ0n) is 12.7. The molecule has 0 radical (unpaired) electrons. The number of rotatable bonds is 7. The molecule has 0 amide bonds. The van der Waals surface area contributed by atoms with Crippen molar-refractivity contribution in [3.8, 4) is 5.75 Å². The molecule has 0 saturated carbocycles. The molecule has 0 bridgehead atoms. The molecule has 22 heavy (non-hydrogen) atoms. The van der Waals surface area contributed by atoms with E-state index in [0.29, 0.717) is 18.4 Å². The second-order valence-electron chi connectivity index (χ2n) is 4.86. The lowest BCUT2D eigenvalue weighted by atomic mass is 10.2. The van der Waals surface area contributed by atoms with E-state index >= 15 is 0 Å². The molecule has 1 aromatic heterocycles. The highest BCUT2D eigenvalue weighted by Gasteiger charge is 2.13. The zero-order valence-corrected chi connectivity index (χ0v) is 13.4. The van der Waals surface area contributed by atoms with Gasteiger partial charge in [-0.1, -0.05) is 25.1 Å². The van der Waals surface area contributed by atoms with Crippen LogP contribution in [0.25, 0.3) is 0 Å². The fourth-order valence-corrected chi connectivity index (χ4v) is 1.91. The van der Waals surface area contributed by atoms with Crippen molar-refractivity contribution < 1.29 is 4.74 Å². The van der Waals surface area contributed by atoms with E-state index in [9.17, 15) is 0 Å². The van der Waals surface area contributed by atoms with Crippen LogP contribution in [0.2, 0.25) is 0 Å². The normalized spacial score (nSPS) is 13.4. The molecule has 2 aromatic rings. The van der Waals surface area contributed by atoms with E-state index in [1.165, 1.54) is 0 Å². The van der Waals surface area contributed by atoms with Gasteiger partial charge in [-0.15, -0.1) is 11.6 Å². The number of para-hydroxylation sites is 1. The summed E-state index contributed by atoms with van der Waals surface area (Å²) >= 11 is 6.00. The summed E-state index contributed by atoms with van der Waals surface area (Å²) in [5.41, 5.74) is 5.69. The highest BCUT2D eigenvalue weighted by Crippen LogP contribution is 2.17. The number of ether oxygens (including phenoxy) is 1. The third kappa shape index (κ3) is 4.73. The monoisotopic (exact) mass is 321 g/mol. The largest absolute Gasteiger partial charge is 0.491 e. The first kappa shape index (κ1) is 16.3. The Morgan fingerprint density at radius 1 is 1.23 bits per heavy atom. The van der Waals surface area contributed by atoms with Gasteiger partial charge in [-0.2, -0.15) is 15.0 Å². The van der Waals surface area contributed by atoms with Gasteiger partial charge in [0.15, 0.2) is 5.82 Å². The van der Waals surface area contributed by atoms with E-state index in [0.717, 1.165) is 12.2 Å². The molecule has 0 aliphatic heterocycles. The van der Waals surface area contributed by atoms with Crippen molar-refractivity contribution in [1.82, 2.24) is 15.0 Å². The van der Waals surface area contributed by atoms with Gasteiger partial charge in [0.2, 0.25) is 11.9 Å². The Bertz CT molecular complexity index is 594. The van der Waals surface area contributed by atoms with Crippen LogP contribution in [0.5, 0.6) is 5.75 Å². The van der Waals surface area contributed by atoms with Gasteiger partial charge in [-0.3, -0.25) is 0 Å². The van der Waals surface area contributed by atoms with Crippen molar-refractivity contribution in [2.45, 2.75) is 31.7 Å². The number of halogens is 1. The fraction of sp³-hybridized carbons (Fsp3) is 0.400. The summed E-state index contributed by atoms with van der Waals surface area (Å²) in [6, 6.07) is 9.71. The number of hydrogen-bond donors (Lipinski definition) is 2.